The van der Waals surface area contributed by atoms with Crippen molar-refractivity contribution in [3.05, 3.63) is 46.2 Å². The number of halogens is 4. The van der Waals surface area contributed by atoms with Crippen LogP contribution in [-0.2, 0) is 0 Å². The van der Waals surface area contributed by atoms with E-state index < -0.39 is 21.9 Å². The number of methoxy groups -OCH3 is 1. The molecule has 100 valence electrons. The first-order valence-electron chi connectivity index (χ1n) is 5.05. The predicted octanol–water partition coefficient (Wildman–Crippen LogP) is 4.47. The molecule has 0 spiro atoms. The number of nitrogens with zero attached hydrogens (tertiary/aromatic N) is 1. The molecule has 2 aromatic rings. The first-order valence-corrected chi connectivity index (χ1v) is 5.80. The van der Waals surface area contributed by atoms with E-state index in [0.29, 0.717) is 11.5 Å². The summed E-state index contributed by atoms with van der Waals surface area (Å²) >= 11 is 11.3. The summed E-state index contributed by atoms with van der Waals surface area (Å²) in [6.45, 7) is 0. The molecule has 19 heavy (non-hydrogen) atoms. The maximum Gasteiger partial charge on any atom is 0.238 e. The third-order valence-corrected chi connectivity index (χ3v) is 2.89. The van der Waals surface area contributed by atoms with Crippen molar-refractivity contribution in [2.75, 3.05) is 7.11 Å². The lowest BCUT2D eigenvalue weighted by Crippen LogP contribution is -1.96. The van der Waals surface area contributed by atoms with Crippen molar-refractivity contribution >= 4 is 23.2 Å². The van der Waals surface area contributed by atoms with Crippen LogP contribution in [-0.4, -0.2) is 12.1 Å². The van der Waals surface area contributed by atoms with E-state index in [0.717, 1.165) is 0 Å². The summed E-state index contributed by atoms with van der Waals surface area (Å²) < 4.78 is 36.6. The molecule has 0 saturated carbocycles. The fourth-order valence-electron chi connectivity index (χ4n) is 1.32. The number of rotatable bonds is 3. The van der Waals surface area contributed by atoms with Gasteiger partial charge in [-0.25, -0.2) is 0 Å². The lowest BCUT2D eigenvalue weighted by Gasteiger charge is -2.10. The van der Waals surface area contributed by atoms with Crippen LogP contribution in [0.5, 0.6) is 17.2 Å². The normalized spacial score (nSPS) is 10.4. The number of hydrogen-bond donors (Lipinski definition) is 0. The van der Waals surface area contributed by atoms with E-state index in [1.54, 1.807) is 24.3 Å². The SMILES string of the molecule is COc1ccc(Oc2c(Cl)c(F)nc(F)c2Cl)cc1. The molecule has 0 aliphatic heterocycles. The minimum absolute atomic E-state index is 0.301. The molecule has 0 amide bonds. The summed E-state index contributed by atoms with van der Waals surface area (Å²) in [4.78, 5) is 2.91. The number of pyridine rings is 1. The van der Waals surface area contributed by atoms with Crippen molar-refractivity contribution in [1.82, 2.24) is 4.98 Å². The summed E-state index contributed by atoms with van der Waals surface area (Å²) in [6, 6.07) is 6.32. The van der Waals surface area contributed by atoms with Crippen molar-refractivity contribution in [3.8, 4) is 17.2 Å². The van der Waals surface area contributed by atoms with E-state index >= 15 is 0 Å². The average Bonchev–Trinajstić information content (AvgIpc) is 2.42. The van der Waals surface area contributed by atoms with Crippen molar-refractivity contribution in [1.29, 1.82) is 0 Å². The molecule has 3 nitrogen and oxygen atoms in total. The van der Waals surface area contributed by atoms with Gasteiger partial charge in [0.1, 0.15) is 21.5 Å². The summed E-state index contributed by atoms with van der Waals surface area (Å²) in [5.74, 6) is -1.79. The van der Waals surface area contributed by atoms with Crippen LogP contribution in [0.4, 0.5) is 8.78 Å². The number of benzene rings is 1. The molecule has 0 saturated heterocycles. The van der Waals surface area contributed by atoms with Gasteiger partial charge in [-0.05, 0) is 24.3 Å². The Hall–Kier alpha value is -1.59. The zero-order valence-corrected chi connectivity index (χ0v) is 11.1. The van der Waals surface area contributed by atoms with Crippen LogP contribution in [0, 0.1) is 11.9 Å². The second-order valence-electron chi connectivity index (χ2n) is 3.43. The van der Waals surface area contributed by atoms with Crippen molar-refractivity contribution < 1.29 is 18.3 Å². The van der Waals surface area contributed by atoms with Gasteiger partial charge in [0.25, 0.3) is 0 Å². The summed E-state index contributed by atoms with van der Waals surface area (Å²) in [7, 11) is 1.51. The Balaban J connectivity index is 2.37. The van der Waals surface area contributed by atoms with Crippen molar-refractivity contribution in [2.24, 2.45) is 0 Å². The van der Waals surface area contributed by atoms with Crippen molar-refractivity contribution in [3.63, 3.8) is 0 Å². The smallest absolute Gasteiger partial charge is 0.238 e. The van der Waals surface area contributed by atoms with E-state index in [9.17, 15) is 8.78 Å². The highest BCUT2D eigenvalue weighted by Crippen LogP contribution is 2.38. The minimum Gasteiger partial charge on any atom is -0.497 e. The maximum atomic E-state index is 13.2. The second kappa shape index (κ2) is 5.59. The van der Waals surface area contributed by atoms with Gasteiger partial charge in [-0.1, -0.05) is 23.2 Å². The van der Waals surface area contributed by atoms with Gasteiger partial charge in [0.2, 0.25) is 11.9 Å². The highest BCUT2D eigenvalue weighted by Gasteiger charge is 2.19. The second-order valence-corrected chi connectivity index (χ2v) is 4.18. The molecule has 0 aliphatic carbocycles. The minimum atomic E-state index is -1.19. The van der Waals surface area contributed by atoms with Gasteiger partial charge >= 0.3 is 0 Å². The summed E-state index contributed by atoms with van der Waals surface area (Å²) in [5.41, 5.74) is 0. The van der Waals surface area contributed by atoms with Crippen LogP contribution in [0.1, 0.15) is 0 Å². The molecule has 1 aromatic carbocycles. The molecule has 0 aliphatic rings. The third kappa shape index (κ3) is 2.88. The van der Waals surface area contributed by atoms with Gasteiger partial charge in [-0.2, -0.15) is 13.8 Å². The Morgan fingerprint density at radius 3 is 1.89 bits per heavy atom. The topological polar surface area (TPSA) is 31.4 Å². The summed E-state index contributed by atoms with van der Waals surface area (Å²) in [6.07, 6.45) is 0. The molecular formula is C12H7Cl2F2NO2. The standard InChI is InChI=1S/C12H7Cl2F2NO2/c1-18-6-2-4-7(5-3-6)19-10-8(13)11(15)17-12(16)9(10)14/h2-5H,1H3. The average molecular weight is 306 g/mol. The quantitative estimate of drug-likeness (QED) is 0.784. The highest BCUT2D eigenvalue weighted by atomic mass is 35.5. The molecule has 0 unspecified atom stereocenters. The molecule has 0 bridgehead atoms. The van der Waals surface area contributed by atoms with Gasteiger partial charge in [-0.15, -0.1) is 0 Å². The van der Waals surface area contributed by atoms with Gasteiger partial charge in [0, 0.05) is 0 Å². The van der Waals surface area contributed by atoms with E-state index in [-0.39, 0.29) is 5.75 Å². The molecule has 1 heterocycles. The van der Waals surface area contributed by atoms with Gasteiger partial charge in [0.05, 0.1) is 7.11 Å². The number of hydrogen-bond acceptors (Lipinski definition) is 3. The lowest BCUT2D eigenvalue weighted by atomic mass is 10.3. The molecule has 0 atom stereocenters. The fraction of sp³-hybridized carbons (Fsp3) is 0.0833. The first kappa shape index (κ1) is 13.8. The molecule has 7 heteroatoms. The Morgan fingerprint density at radius 2 is 1.42 bits per heavy atom. The van der Waals surface area contributed by atoms with Gasteiger partial charge in [-0.3, -0.25) is 0 Å². The summed E-state index contributed by atoms with van der Waals surface area (Å²) in [5, 5.41) is -0.968. The molecule has 2 rings (SSSR count). The number of aromatic nitrogens is 1. The monoisotopic (exact) mass is 305 g/mol. The number of ether oxygens (including phenoxy) is 2. The predicted molar refractivity (Wildman–Crippen MR) is 67.2 cm³/mol. The first-order chi connectivity index (χ1) is 9.02. The van der Waals surface area contributed by atoms with Crippen LogP contribution in [0.2, 0.25) is 10.0 Å². The van der Waals surface area contributed by atoms with Gasteiger partial charge < -0.3 is 9.47 Å². The third-order valence-electron chi connectivity index (χ3n) is 2.24. The van der Waals surface area contributed by atoms with Crippen molar-refractivity contribution in [2.45, 2.75) is 0 Å². The Labute approximate surface area is 117 Å². The molecule has 1 aromatic heterocycles. The Morgan fingerprint density at radius 1 is 0.947 bits per heavy atom. The zero-order chi connectivity index (χ0) is 14.0. The molecular weight excluding hydrogens is 299 g/mol. The fourth-order valence-corrected chi connectivity index (χ4v) is 1.72. The van der Waals surface area contributed by atoms with E-state index in [1.807, 2.05) is 0 Å². The molecule has 0 N–H and O–H groups in total. The zero-order valence-electron chi connectivity index (χ0n) is 9.58. The van der Waals surface area contributed by atoms with Crippen LogP contribution in [0.3, 0.4) is 0 Å². The van der Waals surface area contributed by atoms with Gasteiger partial charge in [0.15, 0.2) is 5.75 Å². The molecule has 0 fully saturated rings. The Kier molecular flexibility index (Phi) is 4.07. The van der Waals surface area contributed by atoms with Crippen LogP contribution in [0.15, 0.2) is 24.3 Å². The highest BCUT2D eigenvalue weighted by molar-refractivity contribution is 6.37. The van der Waals surface area contributed by atoms with E-state index in [1.165, 1.54) is 7.11 Å². The van der Waals surface area contributed by atoms with Crippen LogP contribution in [0.25, 0.3) is 0 Å². The largest absolute Gasteiger partial charge is 0.497 e. The van der Waals surface area contributed by atoms with E-state index in [2.05, 4.69) is 4.98 Å². The molecule has 0 radical (unpaired) electrons. The maximum absolute atomic E-state index is 13.2. The van der Waals surface area contributed by atoms with Crippen LogP contribution < -0.4 is 9.47 Å². The van der Waals surface area contributed by atoms with E-state index in [4.69, 9.17) is 32.7 Å². The Bertz CT molecular complexity index is 579. The van der Waals surface area contributed by atoms with Crippen LogP contribution >= 0.6 is 23.2 Å². The lowest BCUT2D eigenvalue weighted by molar-refractivity contribution is 0.412.